The summed E-state index contributed by atoms with van der Waals surface area (Å²) < 4.78 is 6.27. The molecule has 1 N–H and O–H groups in total. The number of nitrogens with one attached hydrogen (secondary N) is 1. The molecule has 1 heterocycles. The van der Waals surface area contributed by atoms with Gasteiger partial charge < -0.3 is 4.74 Å². The molecule has 0 bridgehead atoms. The monoisotopic (exact) mass is 457 g/mol. The van der Waals surface area contributed by atoms with E-state index in [2.05, 4.69) is 36.3 Å². The number of hydrogen-bond acceptors (Lipinski definition) is 6. The van der Waals surface area contributed by atoms with E-state index in [-0.39, 0.29) is 0 Å². The minimum absolute atomic E-state index is 0.424. The summed E-state index contributed by atoms with van der Waals surface area (Å²) in [5, 5.41) is 11.5. The second-order valence-electron chi connectivity index (χ2n) is 8.04. The second kappa shape index (κ2) is 18.9. The fraction of sp³-hybridized carbons (Fsp3) is 0.870. The van der Waals surface area contributed by atoms with Crippen LogP contribution in [0.25, 0.3) is 0 Å². The molecule has 0 aliphatic carbocycles. The Morgan fingerprint density at radius 3 is 2.20 bits per heavy atom. The first kappa shape index (κ1) is 27.2. The number of carbonyl (C=O) groups excluding carboxylic acids is 1. The van der Waals surface area contributed by atoms with Crippen molar-refractivity contribution in [1.82, 2.24) is 10.2 Å². The summed E-state index contributed by atoms with van der Waals surface area (Å²) >= 11 is 3.15. The fourth-order valence-electron chi connectivity index (χ4n) is 3.28. The highest BCUT2D eigenvalue weighted by Crippen LogP contribution is 2.26. The minimum Gasteiger partial charge on any atom is -0.449 e. The van der Waals surface area contributed by atoms with Crippen molar-refractivity contribution in [3.63, 3.8) is 0 Å². The maximum absolute atomic E-state index is 12.0. The van der Waals surface area contributed by atoms with E-state index in [0.717, 1.165) is 22.9 Å². The molecule has 1 rings (SSSR count). The van der Waals surface area contributed by atoms with E-state index in [4.69, 9.17) is 4.74 Å². The zero-order chi connectivity index (χ0) is 21.9. The van der Waals surface area contributed by atoms with Crippen molar-refractivity contribution < 1.29 is 9.53 Å². The maximum atomic E-state index is 12.0. The van der Waals surface area contributed by atoms with E-state index < -0.39 is 6.09 Å². The molecule has 7 heteroatoms. The Kier molecular flexibility index (Phi) is 17.2. The number of carbonyl (C=O) groups is 1. The highest BCUT2D eigenvalue weighted by molar-refractivity contribution is 8.01. The van der Waals surface area contributed by atoms with Gasteiger partial charge in [0, 0.05) is 5.75 Å². The molecular formula is C23H43N3O2S2. The van der Waals surface area contributed by atoms with Crippen molar-refractivity contribution >= 4 is 34.3 Å². The molecule has 0 fully saturated rings. The zero-order valence-electron chi connectivity index (χ0n) is 19.4. The Hall–Kier alpha value is -0.820. The van der Waals surface area contributed by atoms with E-state index in [0.29, 0.717) is 17.7 Å². The first-order valence-corrected chi connectivity index (χ1v) is 13.9. The molecule has 30 heavy (non-hydrogen) atoms. The number of hydrogen-bond donors (Lipinski definition) is 1. The van der Waals surface area contributed by atoms with Crippen LogP contribution in [-0.4, -0.2) is 28.7 Å². The van der Waals surface area contributed by atoms with Crippen molar-refractivity contribution in [1.29, 1.82) is 0 Å². The lowest BCUT2D eigenvalue weighted by Crippen LogP contribution is -2.18. The molecule has 0 aliphatic rings. The topological polar surface area (TPSA) is 64.1 Å². The zero-order valence-corrected chi connectivity index (χ0v) is 21.1. The standard InChI is InChI=1S/C23H43N3O2S2/c1-4-7-9-10-11-12-13-14-15-16-18-29-23-26-25-21(30-23)24-22(27)28-19-20(6-3)17-8-5-2/h20H,4-19H2,1-3H3,(H,24,25,27). The highest BCUT2D eigenvalue weighted by Gasteiger charge is 2.12. The Balaban J connectivity index is 2.06. The van der Waals surface area contributed by atoms with Crippen LogP contribution in [0.15, 0.2) is 4.34 Å². The van der Waals surface area contributed by atoms with Crippen molar-refractivity contribution in [2.75, 3.05) is 17.7 Å². The summed E-state index contributed by atoms with van der Waals surface area (Å²) in [5.41, 5.74) is 0. The SMILES string of the molecule is CCCCCCCCCCCCSc1nnc(NC(=O)OCC(CC)CCCC)s1. The van der Waals surface area contributed by atoms with Gasteiger partial charge in [-0.25, -0.2) is 4.79 Å². The van der Waals surface area contributed by atoms with Gasteiger partial charge in [0.1, 0.15) is 0 Å². The number of unbranched alkanes of at least 4 members (excludes halogenated alkanes) is 10. The first-order valence-electron chi connectivity index (χ1n) is 12.1. The van der Waals surface area contributed by atoms with Crippen molar-refractivity contribution in [2.24, 2.45) is 5.92 Å². The quantitative estimate of drug-likeness (QED) is 0.128. The first-order chi connectivity index (χ1) is 14.7. The van der Waals surface area contributed by atoms with Gasteiger partial charge in [-0.1, -0.05) is 121 Å². The molecule has 0 spiro atoms. The van der Waals surface area contributed by atoms with Crippen LogP contribution in [0.5, 0.6) is 0 Å². The summed E-state index contributed by atoms with van der Waals surface area (Å²) in [7, 11) is 0. The molecule has 1 aromatic heterocycles. The number of ether oxygens (including phenoxy) is 1. The molecule has 0 radical (unpaired) electrons. The normalized spacial score (nSPS) is 12.1. The maximum Gasteiger partial charge on any atom is 0.413 e. The number of aromatic nitrogens is 2. The molecule has 5 nitrogen and oxygen atoms in total. The Morgan fingerprint density at radius 2 is 1.57 bits per heavy atom. The molecule has 0 saturated heterocycles. The number of nitrogens with zero attached hydrogens (tertiary/aromatic N) is 2. The van der Waals surface area contributed by atoms with Crippen molar-refractivity contribution in [3.8, 4) is 0 Å². The summed E-state index contributed by atoms with van der Waals surface area (Å²) in [6.07, 6.45) is 17.6. The van der Waals surface area contributed by atoms with E-state index in [9.17, 15) is 4.79 Å². The molecule has 0 aliphatic heterocycles. The third-order valence-corrected chi connectivity index (χ3v) is 7.39. The summed E-state index contributed by atoms with van der Waals surface area (Å²) in [4.78, 5) is 12.0. The van der Waals surface area contributed by atoms with E-state index >= 15 is 0 Å². The van der Waals surface area contributed by atoms with E-state index in [1.165, 1.54) is 88.4 Å². The summed E-state index contributed by atoms with van der Waals surface area (Å²) in [6.45, 7) is 7.07. The molecule has 174 valence electrons. The van der Waals surface area contributed by atoms with Gasteiger partial charge in [0.15, 0.2) is 4.34 Å². The van der Waals surface area contributed by atoms with Gasteiger partial charge in [-0.2, -0.15) is 0 Å². The van der Waals surface area contributed by atoms with Crippen LogP contribution in [0.4, 0.5) is 9.93 Å². The number of thioether (sulfide) groups is 1. The fourth-order valence-corrected chi connectivity index (χ4v) is 5.09. The lowest BCUT2D eigenvalue weighted by molar-refractivity contribution is 0.136. The summed E-state index contributed by atoms with van der Waals surface area (Å²) in [6, 6.07) is 0. The van der Waals surface area contributed by atoms with Crippen molar-refractivity contribution in [2.45, 2.75) is 115 Å². The van der Waals surface area contributed by atoms with Gasteiger partial charge in [-0.15, -0.1) is 10.2 Å². The van der Waals surface area contributed by atoms with Gasteiger partial charge in [0.2, 0.25) is 5.13 Å². The van der Waals surface area contributed by atoms with Crippen molar-refractivity contribution in [3.05, 3.63) is 0 Å². The van der Waals surface area contributed by atoms with Gasteiger partial charge in [0.25, 0.3) is 0 Å². The Labute approximate surface area is 192 Å². The predicted octanol–water partition coefficient (Wildman–Crippen LogP) is 8.32. The highest BCUT2D eigenvalue weighted by atomic mass is 32.2. The van der Waals surface area contributed by atoms with Gasteiger partial charge in [0.05, 0.1) is 6.61 Å². The second-order valence-corrected chi connectivity index (χ2v) is 10.4. The number of rotatable bonds is 19. The number of anilines is 1. The molecule has 0 saturated carbocycles. The summed E-state index contributed by atoms with van der Waals surface area (Å²) in [5.74, 6) is 1.50. The van der Waals surface area contributed by atoms with Crippen LogP contribution >= 0.6 is 23.1 Å². The lowest BCUT2D eigenvalue weighted by Gasteiger charge is -2.14. The van der Waals surface area contributed by atoms with Gasteiger partial charge >= 0.3 is 6.09 Å². The molecule has 0 aromatic carbocycles. The average Bonchev–Trinajstić information content (AvgIpc) is 3.19. The molecule has 1 atom stereocenters. The van der Waals surface area contributed by atoms with Crippen LogP contribution in [0.3, 0.4) is 0 Å². The van der Waals surface area contributed by atoms with Gasteiger partial charge in [-0.3, -0.25) is 5.32 Å². The van der Waals surface area contributed by atoms with Crippen LogP contribution in [0.1, 0.15) is 111 Å². The van der Waals surface area contributed by atoms with Crippen LogP contribution in [0, 0.1) is 5.92 Å². The van der Waals surface area contributed by atoms with Crippen LogP contribution in [0.2, 0.25) is 0 Å². The van der Waals surface area contributed by atoms with E-state index in [1.54, 1.807) is 11.8 Å². The third-order valence-electron chi connectivity index (χ3n) is 5.33. The van der Waals surface area contributed by atoms with Crippen LogP contribution < -0.4 is 5.32 Å². The number of amides is 1. The molecule has 1 unspecified atom stereocenters. The van der Waals surface area contributed by atoms with Gasteiger partial charge in [-0.05, 0) is 18.8 Å². The molecule has 1 aromatic rings. The minimum atomic E-state index is -0.424. The Bertz CT molecular complexity index is 540. The lowest BCUT2D eigenvalue weighted by atomic mass is 10.0. The van der Waals surface area contributed by atoms with E-state index in [1.807, 2.05) is 0 Å². The predicted molar refractivity (Wildman–Crippen MR) is 131 cm³/mol. The third kappa shape index (κ3) is 14.2. The molecule has 1 amide bonds. The smallest absolute Gasteiger partial charge is 0.413 e. The average molecular weight is 458 g/mol. The largest absolute Gasteiger partial charge is 0.449 e. The Morgan fingerprint density at radius 1 is 0.933 bits per heavy atom. The van der Waals surface area contributed by atoms with Crippen LogP contribution in [-0.2, 0) is 4.74 Å². The molecular weight excluding hydrogens is 414 g/mol.